The highest BCUT2D eigenvalue weighted by Crippen LogP contribution is 2.25. The number of primary amides is 1. The van der Waals surface area contributed by atoms with Crippen molar-refractivity contribution < 1.29 is 32.3 Å². The number of nitrogens with zero attached hydrogens (tertiary/aromatic N) is 1. The van der Waals surface area contributed by atoms with Crippen LogP contribution in [-0.2, 0) is 19.6 Å². The Labute approximate surface area is 173 Å². The summed E-state index contributed by atoms with van der Waals surface area (Å²) in [5.41, 5.74) is 5.15. The molecule has 0 spiro atoms. The average molecular weight is 435 g/mol. The zero-order chi connectivity index (χ0) is 22.5. The van der Waals surface area contributed by atoms with Crippen LogP contribution in [0.4, 0.5) is 10.5 Å². The van der Waals surface area contributed by atoms with Crippen LogP contribution in [-0.4, -0.2) is 46.6 Å². The number of carbonyl (C=O) groups excluding carboxylic acids is 3. The van der Waals surface area contributed by atoms with E-state index < -0.39 is 34.0 Å². The first kappa shape index (κ1) is 22.7. The Hall–Kier alpha value is -3.60. The lowest BCUT2D eigenvalue weighted by atomic mass is 10.2. The van der Waals surface area contributed by atoms with Crippen molar-refractivity contribution in [2.75, 3.05) is 18.5 Å². The molecule has 0 saturated carbocycles. The van der Waals surface area contributed by atoms with Crippen LogP contribution in [0.3, 0.4) is 0 Å². The first-order chi connectivity index (χ1) is 14.1. The quantitative estimate of drug-likeness (QED) is 0.623. The lowest BCUT2D eigenvalue weighted by molar-refractivity contribution is -0.127. The standard InChI is InChI=1S/C19H21N3O7S/c1-12(17(23)21-19(20)25)29-18(24)13-5-4-6-16(11-13)30(26,27)22(2)14-7-9-15(28-3)10-8-14/h4-12H,1-3H3,(H3,20,21,23,25)/t12-/m1/s1. The summed E-state index contributed by atoms with van der Waals surface area (Å²) < 4.78 is 37.0. The molecule has 0 fully saturated rings. The summed E-state index contributed by atoms with van der Waals surface area (Å²) in [6.07, 6.45) is -1.31. The van der Waals surface area contributed by atoms with Crippen molar-refractivity contribution in [2.45, 2.75) is 17.9 Å². The van der Waals surface area contributed by atoms with Gasteiger partial charge in [-0.2, -0.15) is 0 Å². The Bertz CT molecular complexity index is 1050. The van der Waals surface area contributed by atoms with Gasteiger partial charge < -0.3 is 15.2 Å². The van der Waals surface area contributed by atoms with E-state index in [-0.39, 0.29) is 10.5 Å². The minimum Gasteiger partial charge on any atom is -0.497 e. The van der Waals surface area contributed by atoms with Gasteiger partial charge in [0.05, 0.1) is 23.3 Å². The van der Waals surface area contributed by atoms with Crippen molar-refractivity contribution >= 4 is 33.6 Å². The molecule has 30 heavy (non-hydrogen) atoms. The number of esters is 1. The minimum absolute atomic E-state index is 0.0852. The molecule has 0 aliphatic carbocycles. The van der Waals surface area contributed by atoms with Crippen molar-refractivity contribution in [3.05, 3.63) is 54.1 Å². The number of sulfonamides is 1. The van der Waals surface area contributed by atoms with Crippen LogP contribution in [0.1, 0.15) is 17.3 Å². The molecule has 2 rings (SSSR count). The van der Waals surface area contributed by atoms with Gasteiger partial charge in [-0.1, -0.05) is 6.07 Å². The number of carbonyl (C=O) groups is 3. The topological polar surface area (TPSA) is 145 Å². The second-order valence-corrected chi connectivity index (χ2v) is 8.07. The van der Waals surface area contributed by atoms with Gasteiger partial charge in [-0.05, 0) is 49.4 Å². The second-order valence-electron chi connectivity index (χ2n) is 6.10. The molecule has 0 saturated heterocycles. The molecular formula is C19H21N3O7S. The van der Waals surface area contributed by atoms with Gasteiger partial charge in [-0.3, -0.25) is 14.4 Å². The summed E-state index contributed by atoms with van der Waals surface area (Å²) in [6, 6.07) is 10.5. The third-order valence-electron chi connectivity index (χ3n) is 4.06. The van der Waals surface area contributed by atoms with Gasteiger partial charge in [0, 0.05) is 7.05 Å². The number of urea groups is 1. The number of ether oxygens (including phenoxy) is 2. The van der Waals surface area contributed by atoms with Crippen LogP contribution in [0.25, 0.3) is 0 Å². The van der Waals surface area contributed by atoms with E-state index in [1.165, 1.54) is 39.3 Å². The van der Waals surface area contributed by atoms with Gasteiger partial charge in [0.15, 0.2) is 6.10 Å². The number of rotatable bonds is 7. The van der Waals surface area contributed by atoms with E-state index in [0.29, 0.717) is 11.4 Å². The molecule has 3 amide bonds. The molecule has 2 aromatic carbocycles. The first-order valence-electron chi connectivity index (χ1n) is 8.60. The fourth-order valence-corrected chi connectivity index (χ4v) is 3.62. The predicted molar refractivity (Wildman–Crippen MR) is 108 cm³/mol. The molecule has 2 aromatic rings. The van der Waals surface area contributed by atoms with Crippen LogP contribution in [0.15, 0.2) is 53.4 Å². The summed E-state index contributed by atoms with van der Waals surface area (Å²) in [6.45, 7) is 1.24. The van der Waals surface area contributed by atoms with Gasteiger partial charge >= 0.3 is 12.0 Å². The van der Waals surface area contributed by atoms with E-state index in [9.17, 15) is 22.8 Å². The number of nitrogens with two attached hydrogens (primary N) is 1. The van der Waals surface area contributed by atoms with Crippen LogP contribution < -0.4 is 20.1 Å². The van der Waals surface area contributed by atoms with E-state index in [1.807, 2.05) is 0 Å². The average Bonchev–Trinajstić information content (AvgIpc) is 2.72. The van der Waals surface area contributed by atoms with Gasteiger partial charge in [0.1, 0.15) is 5.75 Å². The number of methoxy groups -OCH3 is 1. The Kier molecular flexibility index (Phi) is 7.01. The number of benzene rings is 2. The summed E-state index contributed by atoms with van der Waals surface area (Å²) in [5.74, 6) is -1.27. The first-order valence-corrected chi connectivity index (χ1v) is 10.0. The van der Waals surface area contributed by atoms with Crippen LogP contribution >= 0.6 is 0 Å². The van der Waals surface area contributed by atoms with Crippen LogP contribution in [0.2, 0.25) is 0 Å². The molecule has 3 N–H and O–H groups in total. The van der Waals surface area contributed by atoms with Gasteiger partial charge in [-0.25, -0.2) is 18.0 Å². The summed E-state index contributed by atoms with van der Waals surface area (Å²) in [7, 11) is -1.11. The van der Waals surface area contributed by atoms with Crippen molar-refractivity contribution in [1.82, 2.24) is 5.32 Å². The minimum atomic E-state index is -3.98. The Morgan fingerprint density at radius 2 is 1.73 bits per heavy atom. The summed E-state index contributed by atoms with van der Waals surface area (Å²) in [4.78, 5) is 34.5. The highest BCUT2D eigenvalue weighted by Gasteiger charge is 2.24. The molecule has 0 bridgehead atoms. The molecule has 1 atom stereocenters. The van der Waals surface area contributed by atoms with Crippen molar-refractivity contribution in [3.63, 3.8) is 0 Å². The van der Waals surface area contributed by atoms with E-state index in [4.69, 9.17) is 15.2 Å². The maximum Gasteiger partial charge on any atom is 0.338 e. The molecule has 0 radical (unpaired) electrons. The second kappa shape index (κ2) is 9.27. The van der Waals surface area contributed by atoms with Gasteiger partial charge in [0.2, 0.25) is 0 Å². The molecule has 0 aliphatic heterocycles. The third-order valence-corrected chi connectivity index (χ3v) is 5.85. The van der Waals surface area contributed by atoms with Crippen molar-refractivity contribution in [2.24, 2.45) is 5.73 Å². The zero-order valence-electron chi connectivity index (χ0n) is 16.5. The van der Waals surface area contributed by atoms with Gasteiger partial charge in [-0.15, -0.1) is 0 Å². The lowest BCUT2D eigenvalue weighted by Crippen LogP contribution is -2.42. The Morgan fingerprint density at radius 1 is 1.10 bits per heavy atom. The number of imide groups is 1. The maximum atomic E-state index is 12.9. The number of hydrogen-bond acceptors (Lipinski definition) is 7. The number of anilines is 1. The molecular weight excluding hydrogens is 414 g/mol. The highest BCUT2D eigenvalue weighted by atomic mass is 32.2. The Morgan fingerprint density at radius 3 is 2.30 bits per heavy atom. The molecule has 0 heterocycles. The zero-order valence-corrected chi connectivity index (χ0v) is 17.3. The lowest BCUT2D eigenvalue weighted by Gasteiger charge is -2.20. The number of hydrogen-bond donors (Lipinski definition) is 2. The van der Waals surface area contributed by atoms with Crippen LogP contribution in [0.5, 0.6) is 5.75 Å². The summed E-state index contributed by atoms with van der Waals surface area (Å²) >= 11 is 0. The molecule has 10 nitrogen and oxygen atoms in total. The summed E-state index contributed by atoms with van der Waals surface area (Å²) in [5, 5.41) is 1.79. The Balaban J connectivity index is 2.22. The molecule has 160 valence electrons. The predicted octanol–water partition coefficient (Wildman–Crippen LogP) is 1.26. The fourth-order valence-electron chi connectivity index (χ4n) is 2.38. The molecule has 11 heteroatoms. The van der Waals surface area contributed by atoms with E-state index in [0.717, 1.165) is 10.4 Å². The number of amides is 3. The molecule has 0 unspecified atom stereocenters. The van der Waals surface area contributed by atoms with E-state index in [1.54, 1.807) is 29.6 Å². The monoisotopic (exact) mass is 435 g/mol. The smallest absolute Gasteiger partial charge is 0.338 e. The van der Waals surface area contributed by atoms with E-state index >= 15 is 0 Å². The van der Waals surface area contributed by atoms with Crippen molar-refractivity contribution in [1.29, 1.82) is 0 Å². The highest BCUT2D eigenvalue weighted by molar-refractivity contribution is 7.92. The molecule has 0 aliphatic rings. The number of nitrogens with one attached hydrogen (secondary N) is 1. The fraction of sp³-hybridized carbons (Fsp3) is 0.211. The molecule has 0 aromatic heterocycles. The third kappa shape index (κ3) is 5.26. The van der Waals surface area contributed by atoms with Crippen LogP contribution in [0, 0.1) is 0 Å². The maximum absolute atomic E-state index is 12.9. The van der Waals surface area contributed by atoms with E-state index in [2.05, 4.69) is 0 Å². The van der Waals surface area contributed by atoms with Crippen molar-refractivity contribution in [3.8, 4) is 5.75 Å². The SMILES string of the molecule is COc1ccc(N(C)S(=O)(=O)c2cccc(C(=O)O[C@H](C)C(=O)NC(N)=O)c2)cc1. The van der Waals surface area contributed by atoms with Gasteiger partial charge in [0.25, 0.3) is 15.9 Å². The normalized spacial score (nSPS) is 11.8. The largest absolute Gasteiger partial charge is 0.497 e.